The van der Waals surface area contributed by atoms with Gasteiger partial charge in [0.05, 0.1) is 31.8 Å². The molecule has 12 heteroatoms. The van der Waals surface area contributed by atoms with E-state index in [0.29, 0.717) is 38.9 Å². The predicted octanol–water partition coefficient (Wildman–Crippen LogP) is 6.95. The van der Waals surface area contributed by atoms with Gasteiger partial charge in [-0.1, -0.05) is 77.6 Å². The zero-order valence-electron chi connectivity index (χ0n) is 28.8. The average Bonchev–Trinajstić information content (AvgIpc) is 3.82. The number of hydrogen-bond donors (Lipinski definition) is 3. The first-order valence-corrected chi connectivity index (χ1v) is 17.8. The van der Waals surface area contributed by atoms with Gasteiger partial charge >= 0.3 is 29.8 Å². The zero-order chi connectivity index (χ0) is 35.0. The number of ether oxygens (including phenoxy) is 4. The molecular formula is C35H62O12. The lowest BCUT2D eigenvalue weighted by molar-refractivity contribution is -0.147. The summed E-state index contributed by atoms with van der Waals surface area (Å²) in [4.78, 5) is 54.8. The van der Waals surface area contributed by atoms with E-state index in [0.717, 1.165) is 77.0 Å². The maximum Gasteiger partial charge on any atom is 0.309 e. The minimum absolute atomic E-state index is 0.189. The number of carbonyl (C=O) groups is 5. The van der Waals surface area contributed by atoms with Crippen LogP contribution in [0.4, 0.5) is 0 Å². The largest absolute Gasteiger partial charge is 0.481 e. The van der Waals surface area contributed by atoms with Crippen LogP contribution < -0.4 is 0 Å². The van der Waals surface area contributed by atoms with Crippen LogP contribution in [0, 0.1) is 5.41 Å². The fourth-order valence-corrected chi connectivity index (χ4v) is 4.84. The number of hydrogen-bond acceptors (Lipinski definition) is 9. The molecule has 0 bridgehead atoms. The summed E-state index contributed by atoms with van der Waals surface area (Å²) < 4.78 is 20.8. The van der Waals surface area contributed by atoms with E-state index in [1.54, 1.807) is 0 Å². The van der Waals surface area contributed by atoms with Crippen molar-refractivity contribution in [2.75, 3.05) is 39.6 Å². The Hall–Kier alpha value is -2.73. The topological polar surface area (TPSA) is 183 Å². The minimum Gasteiger partial charge on any atom is -0.481 e. The number of carboxylic acids is 3. The second-order valence-corrected chi connectivity index (χ2v) is 12.2. The SMILES string of the molecule is CCCCCCCC1(C(=O)O)CC1.O=C(O)CCCCCCCC(=O)OCCOCCOCCOC(=O)CCCCCCCC(=O)O. The lowest BCUT2D eigenvalue weighted by atomic mass is 9.98. The Morgan fingerprint density at radius 1 is 0.489 bits per heavy atom. The first-order chi connectivity index (χ1) is 22.6. The molecule has 1 rings (SSSR count). The molecule has 0 aromatic rings. The standard InChI is InChI=1S/C24H42O10.C11H20O2/c25-21(26)11-7-3-1-5-9-13-23(29)33-19-17-31-15-16-32-18-20-34-24(30)14-10-6-2-4-8-12-22(27)28;1-2-3-4-5-6-7-11(8-9-11)10(12)13/h1-20H2,(H,25,26)(H,27,28);2-9H2,1H3,(H,12,13). The Balaban J connectivity index is 0.00000134. The van der Waals surface area contributed by atoms with E-state index < -0.39 is 17.9 Å². The Morgan fingerprint density at radius 3 is 1.23 bits per heavy atom. The summed E-state index contributed by atoms with van der Waals surface area (Å²) in [6.45, 7) is 3.85. The first kappa shape index (κ1) is 44.3. The third-order valence-electron chi connectivity index (χ3n) is 7.96. The summed E-state index contributed by atoms with van der Waals surface area (Å²) in [5.41, 5.74) is -0.286. The molecule has 1 saturated carbocycles. The van der Waals surface area contributed by atoms with Crippen LogP contribution >= 0.6 is 0 Å². The van der Waals surface area contributed by atoms with Crippen molar-refractivity contribution < 1.29 is 58.2 Å². The van der Waals surface area contributed by atoms with Gasteiger partial charge in [-0.25, -0.2) is 0 Å². The minimum atomic E-state index is -0.773. The summed E-state index contributed by atoms with van der Waals surface area (Å²) in [7, 11) is 0. The van der Waals surface area contributed by atoms with Gasteiger partial charge in [0.1, 0.15) is 13.2 Å². The van der Waals surface area contributed by atoms with Crippen LogP contribution in [0.2, 0.25) is 0 Å². The second kappa shape index (κ2) is 30.6. The molecule has 0 spiro atoms. The molecule has 1 aliphatic carbocycles. The highest BCUT2D eigenvalue weighted by Gasteiger charge is 2.49. The molecule has 0 radical (unpaired) electrons. The van der Waals surface area contributed by atoms with Crippen LogP contribution in [0.15, 0.2) is 0 Å². The maximum atomic E-state index is 11.6. The van der Waals surface area contributed by atoms with Crippen LogP contribution in [0.1, 0.15) is 148 Å². The smallest absolute Gasteiger partial charge is 0.309 e. The Kier molecular flexibility index (Phi) is 28.8. The van der Waals surface area contributed by atoms with Crippen LogP contribution in [-0.4, -0.2) is 84.8 Å². The van der Waals surface area contributed by atoms with E-state index in [2.05, 4.69) is 6.92 Å². The molecule has 0 amide bonds. The zero-order valence-corrected chi connectivity index (χ0v) is 28.8. The van der Waals surface area contributed by atoms with E-state index in [-0.39, 0.29) is 56.6 Å². The highest BCUT2D eigenvalue weighted by Crippen LogP contribution is 2.50. The molecule has 0 saturated heterocycles. The normalized spacial score (nSPS) is 12.9. The molecule has 0 unspecified atom stereocenters. The third kappa shape index (κ3) is 30.4. The monoisotopic (exact) mass is 674 g/mol. The Bertz CT molecular complexity index is 792. The summed E-state index contributed by atoms with van der Waals surface area (Å²) in [5.74, 6) is -2.63. The molecule has 1 aliphatic rings. The van der Waals surface area contributed by atoms with Gasteiger partial charge in [-0.2, -0.15) is 0 Å². The van der Waals surface area contributed by atoms with Crippen molar-refractivity contribution in [1.29, 1.82) is 0 Å². The summed E-state index contributed by atoms with van der Waals surface area (Å²) in [5, 5.41) is 26.0. The van der Waals surface area contributed by atoms with Gasteiger partial charge in [-0.05, 0) is 44.9 Å². The number of carboxylic acid groups (broad SMARTS) is 3. The van der Waals surface area contributed by atoms with Crippen molar-refractivity contribution in [1.82, 2.24) is 0 Å². The van der Waals surface area contributed by atoms with Crippen molar-refractivity contribution in [2.45, 2.75) is 148 Å². The van der Waals surface area contributed by atoms with Gasteiger partial charge in [0.25, 0.3) is 0 Å². The molecule has 0 aromatic heterocycles. The number of aliphatic carboxylic acids is 3. The van der Waals surface area contributed by atoms with E-state index in [4.69, 9.17) is 34.3 Å². The summed E-state index contributed by atoms with van der Waals surface area (Å²) >= 11 is 0. The van der Waals surface area contributed by atoms with Gasteiger partial charge in [0, 0.05) is 25.7 Å². The van der Waals surface area contributed by atoms with Crippen molar-refractivity contribution in [3.05, 3.63) is 0 Å². The Morgan fingerprint density at radius 2 is 0.851 bits per heavy atom. The molecule has 12 nitrogen and oxygen atoms in total. The lowest BCUT2D eigenvalue weighted by Crippen LogP contribution is -2.15. The van der Waals surface area contributed by atoms with Gasteiger partial charge in [0.2, 0.25) is 0 Å². The lowest BCUT2D eigenvalue weighted by Gasteiger charge is -2.08. The van der Waals surface area contributed by atoms with Gasteiger partial charge < -0.3 is 34.3 Å². The Labute approximate surface area is 281 Å². The van der Waals surface area contributed by atoms with Crippen LogP contribution in [0.5, 0.6) is 0 Å². The summed E-state index contributed by atoms with van der Waals surface area (Å²) in [6.07, 6.45) is 18.1. The molecule has 3 N–H and O–H groups in total. The van der Waals surface area contributed by atoms with Crippen molar-refractivity contribution >= 4 is 29.8 Å². The van der Waals surface area contributed by atoms with E-state index in [9.17, 15) is 24.0 Å². The van der Waals surface area contributed by atoms with E-state index >= 15 is 0 Å². The van der Waals surface area contributed by atoms with E-state index in [1.165, 1.54) is 25.7 Å². The molecule has 0 heterocycles. The molecule has 0 aromatic carbocycles. The fraction of sp³-hybridized carbons (Fsp3) is 0.857. The van der Waals surface area contributed by atoms with Gasteiger partial charge in [0.15, 0.2) is 0 Å². The number of esters is 2. The van der Waals surface area contributed by atoms with Gasteiger partial charge in [-0.3, -0.25) is 24.0 Å². The highest BCUT2D eigenvalue weighted by molar-refractivity contribution is 5.77. The molecule has 0 aliphatic heterocycles. The average molecular weight is 675 g/mol. The predicted molar refractivity (Wildman–Crippen MR) is 176 cm³/mol. The maximum absolute atomic E-state index is 11.6. The molecule has 274 valence electrons. The van der Waals surface area contributed by atoms with Crippen LogP contribution in [0.3, 0.4) is 0 Å². The van der Waals surface area contributed by atoms with E-state index in [1.807, 2.05) is 0 Å². The molecule has 1 fully saturated rings. The highest BCUT2D eigenvalue weighted by atomic mass is 16.6. The number of rotatable bonds is 32. The number of unbranched alkanes of at least 4 members (excludes halogenated alkanes) is 12. The van der Waals surface area contributed by atoms with Gasteiger partial charge in [-0.15, -0.1) is 0 Å². The molecule has 0 atom stereocenters. The summed E-state index contributed by atoms with van der Waals surface area (Å²) in [6, 6.07) is 0. The molecular weight excluding hydrogens is 612 g/mol. The second-order valence-electron chi connectivity index (χ2n) is 12.2. The third-order valence-corrected chi connectivity index (χ3v) is 7.96. The first-order valence-electron chi connectivity index (χ1n) is 17.8. The van der Waals surface area contributed by atoms with Crippen LogP contribution in [-0.2, 0) is 42.9 Å². The van der Waals surface area contributed by atoms with Crippen molar-refractivity contribution in [3.8, 4) is 0 Å². The fourth-order valence-electron chi connectivity index (χ4n) is 4.84. The van der Waals surface area contributed by atoms with Crippen molar-refractivity contribution in [3.63, 3.8) is 0 Å². The van der Waals surface area contributed by atoms with Crippen molar-refractivity contribution in [2.24, 2.45) is 5.41 Å². The van der Waals surface area contributed by atoms with Crippen LogP contribution in [0.25, 0.3) is 0 Å². The molecule has 47 heavy (non-hydrogen) atoms. The number of carbonyl (C=O) groups excluding carboxylic acids is 2. The quantitative estimate of drug-likeness (QED) is 0.0494.